The maximum atomic E-state index is 13.5. The van der Waals surface area contributed by atoms with E-state index in [9.17, 15) is 4.79 Å². The van der Waals surface area contributed by atoms with E-state index in [2.05, 4.69) is 25.1 Å². The molecule has 3 N–H and O–H groups in total. The molecule has 1 saturated heterocycles. The second kappa shape index (κ2) is 14.4. The zero-order chi connectivity index (χ0) is 29.3. The van der Waals surface area contributed by atoms with Crippen molar-refractivity contribution in [3.05, 3.63) is 71.5 Å². The predicted octanol–water partition coefficient (Wildman–Crippen LogP) is 2.99. The first-order valence-corrected chi connectivity index (χ1v) is 14.3. The SMILES string of the molecule is COCCCN1CC(=O)N[C@H]2CN(Cc3cnc(N)nc3)CC[C@H]2OCc2cccc(c2)Oc2cc(ccc2OC)C1. The van der Waals surface area contributed by atoms with Gasteiger partial charge in [0.2, 0.25) is 11.9 Å². The molecule has 0 aliphatic carbocycles. The maximum Gasteiger partial charge on any atom is 0.234 e. The fourth-order valence-electron chi connectivity index (χ4n) is 5.47. The van der Waals surface area contributed by atoms with Crippen LogP contribution >= 0.6 is 0 Å². The quantitative estimate of drug-likeness (QED) is 0.406. The number of rotatable bonds is 7. The summed E-state index contributed by atoms with van der Waals surface area (Å²) < 4.78 is 23.6. The molecule has 2 aromatic carbocycles. The van der Waals surface area contributed by atoms with Crippen molar-refractivity contribution < 1.29 is 23.7 Å². The fourth-order valence-corrected chi connectivity index (χ4v) is 5.47. The minimum atomic E-state index is -0.179. The number of hydrogen-bond donors (Lipinski definition) is 2. The van der Waals surface area contributed by atoms with Crippen LogP contribution in [-0.2, 0) is 34.0 Å². The highest BCUT2D eigenvalue weighted by molar-refractivity contribution is 5.78. The number of nitrogen functional groups attached to an aromatic ring is 1. The van der Waals surface area contributed by atoms with E-state index in [1.165, 1.54) is 0 Å². The molecule has 1 aromatic heterocycles. The highest BCUT2D eigenvalue weighted by Crippen LogP contribution is 2.33. The van der Waals surface area contributed by atoms with Crippen LogP contribution in [0.5, 0.6) is 17.2 Å². The number of carbonyl (C=O) groups is 1. The summed E-state index contributed by atoms with van der Waals surface area (Å²) in [4.78, 5) is 26.2. The van der Waals surface area contributed by atoms with Gasteiger partial charge in [0.15, 0.2) is 11.5 Å². The second-order valence-corrected chi connectivity index (χ2v) is 10.8. The number of aromatic nitrogens is 2. The summed E-state index contributed by atoms with van der Waals surface area (Å²) in [5, 5.41) is 3.30. The van der Waals surface area contributed by atoms with Crippen molar-refractivity contribution in [3.63, 3.8) is 0 Å². The van der Waals surface area contributed by atoms with Crippen molar-refractivity contribution in [2.45, 2.75) is 44.7 Å². The van der Waals surface area contributed by atoms with Crippen LogP contribution in [0.25, 0.3) is 0 Å². The van der Waals surface area contributed by atoms with E-state index < -0.39 is 0 Å². The number of nitrogens with two attached hydrogens (primary N) is 1. The largest absolute Gasteiger partial charge is 0.493 e. The van der Waals surface area contributed by atoms with Gasteiger partial charge in [0.1, 0.15) is 5.75 Å². The molecule has 0 spiro atoms. The molecule has 0 radical (unpaired) electrons. The van der Waals surface area contributed by atoms with E-state index in [4.69, 9.17) is 24.7 Å². The molecular weight excluding hydrogens is 536 g/mol. The van der Waals surface area contributed by atoms with Gasteiger partial charge >= 0.3 is 0 Å². The Labute approximate surface area is 246 Å². The lowest BCUT2D eigenvalue weighted by atomic mass is 10.0. The Kier molecular flexibility index (Phi) is 10.2. The van der Waals surface area contributed by atoms with E-state index in [0.29, 0.717) is 56.6 Å². The van der Waals surface area contributed by atoms with Gasteiger partial charge in [-0.15, -0.1) is 0 Å². The van der Waals surface area contributed by atoms with E-state index in [1.807, 2.05) is 42.5 Å². The number of benzene rings is 2. The number of amides is 1. The average molecular weight is 577 g/mol. The summed E-state index contributed by atoms with van der Waals surface area (Å²) in [6.07, 6.45) is 4.94. The topological polar surface area (TPSA) is 124 Å². The molecular formula is C31H40N6O5. The molecule has 1 fully saturated rings. The average Bonchev–Trinajstić information content (AvgIpc) is 2.98. The number of anilines is 1. The molecule has 0 saturated carbocycles. The minimum absolute atomic E-state index is 0.0391. The number of fused-ring (bicyclic) bond motifs is 5. The van der Waals surface area contributed by atoms with Crippen molar-refractivity contribution >= 4 is 11.9 Å². The predicted molar refractivity (Wildman–Crippen MR) is 158 cm³/mol. The van der Waals surface area contributed by atoms with Crippen molar-refractivity contribution in [2.75, 3.05) is 52.7 Å². The fraction of sp³-hybridized carbons (Fsp3) is 0.452. The van der Waals surface area contributed by atoms with Gasteiger partial charge in [0.25, 0.3) is 0 Å². The van der Waals surface area contributed by atoms with Crippen molar-refractivity contribution in [3.8, 4) is 17.2 Å². The minimum Gasteiger partial charge on any atom is -0.493 e. The number of piperidine rings is 1. The molecule has 5 rings (SSSR count). The van der Waals surface area contributed by atoms with Gasteiger partial charge in [-0.05, 0) is 48.2 Å². The monoisotopic (exact) mass is 576 g/mol. The van der Waals surface area contributed by atoms with Crippen LogP contribution in [0.3, 0.4) is 0 Å². The Bertz CT molecular complexity index is 1320. The van der Waals surface area contributed by atoms with Crippen LogP contribution in [0, 0.1) is 0 Å². The number of likely N-dealkylation sites (tertiary alicyclic amines) is 1. The Hall–Kier alpha value is -3.77. The van der Waals surface area contributed by atoms with Crippen LogP contribution < -0.4 is 20.5 Å². The number of nitrogens with zero attached hydrogens (tertiary/aromatic N) is 4. The highest BCUT2D eigenvalue weighted by atomic mass is 16.5. The summed E-state index contributed by atoms with van der Waals surface area (Å²) in [7, 11) is 3.32. The van der Waals surface area contributed by atoms with Crippen molar-refractivity contribution in [1.82, 2.24) is 25.1 Å². The molecule has 42 heavy (non-hydrogen) atoms. The zero-order valence-electron chi connectivity index (χ0n) is 24.3. The number of ether oxygens (including phenoxy) is 4. The summed E-state index contributed by atoms with van der Waals surface area (Å²) in [6.45, 7) is 4.69. The number of methoxy groups -OCH3 is 2. The van der Waals surface area contributed by atoms with Crippen LogP contribution in [0.2, 0.25) is 0 Å². The maximum absolute atomic E-state index is 13.5. The first kappa shape index (κ1) is 29.7. The molecule has 11 heteroatoms. The normalized spacial score (nSPS) is 20.3. The van der Waals surface area contributed by atoms with Crippen molar-refractivity contribution in [2.24, 2.45) is 0 Å². The third-order valence-electron chi connectivity index (χ3n) is 7.53. The molecule has 2 atom stereocenters. The Morgan fingerprint density at radius 2 is 1.93 bits per heavy atom. The Morgan fingerprint density at radius 3 is 2.74 bits per heavy atom. The number of nitrogens with one attached hydrogen (secondary N) is 1. The summed E-state index contributed by atoms with van der Waals surface area (Å²) in [6, 6.07) is 13.6. The van der Waals surface area contributed by atoms with Crippen LogP contribution in [0.1, 0.15) is 29.5 Å². The third kappa shape index (κ3) is 8.16. The summed E-state index contributed by atoms with van der Waals surface area (Å²) in [5.41, 5.74) is 8.65. The van der Waals surface area contributed by atoms with Gasteiger partial charge in [-0.3, -0.25) is 14.6 Å². The van der Waals surface area contributed by atoms with Crippen LogP contribution in [0.4, 0.5) is 5.95 Å². The Balaban J connectivity index is 1.39. The highest BCUT2D eigenvalue weighted by Gasteiger charge is 2.32. The van der Waals surface area contributed by atoms with Crippen molar-refractivity contribution in [1.29, 1.82) is 0 Å². The molecule has 224 valence electrons. The number of carbonyl (C=O) groups excluding carboxylic acids is 1. The molecule has 3 aromatic rings. The summed E-state index contributed by atoms with van der Waals surface area (Å²) in [5.74, 6) is 2.19. The Morgan fingerprint density at radius 1 is 1.07 bits per heavy atom. The lowest BCUT2D eigenvalue weighted by molar-refractivity contribution is -0.125. The molecule has 11 nitrogen and oxygen atoms in total. The smallest absolute Gasteiger partial charge is 0.234 e. The van der Waals surface area contributed by atoms with E-state index in [0.717, 1.165) is 36.1 Å². The zero-order valence-corrected chi connectivity index (χ0v) is 24.3. The van der Waals surface area contributed by atoms with Gasteiger partial charge in [-0.25, -0.2) is 9.97 Å². The van der Waals surface area contributed by atoms with Gasteiger partial charge in [0, 0.05) is 64.4 Å². The van der Waals surface area contributed by atoms with Gasteiger partial charge in [0.05, 0.1) is 32.4 Å². The lowest BCUT2D eigenvalue weighted by Gasteiger charge is -2.39. The standard InChI is InChI=1S/C31H40N6O5/c1-39-12-4-10-36-17-22-7-8-28(40-2)29(14-22)42-25-6-3-5-23(13-25)21-41-27-9-11-37(19-26(27)35-30(38)20-36)18-24-15-33-31(32)34-16-24/h3,5-8,13-16,26-27H,4,9-12,17-21H2,1-2H3,(H,35,38)(H2,32,33,34)/t26-,27+/m0/s1. The van der Waals surface area contributed by atoms with Gasteiger partial charge in [-0.2, -0.15) is 0 Å². The van der Waals surface area contributed by atoms with Crippen LogP contribution in [-0.4, -0.2) is 84.8 Å². The first-order valence-electron chi connectivity index (χ1n) is 14.3. The molecule has 0 unspecified atom stereocenters. The number of hydrogen-bond acceptors (Lipinski definition) is 10. The van der Waals surface area contributed by atoms with Crippen LogP contribution in [0.15, 0.2) is 54.9 Å². The van der Waals surface area contributed by atoms with Gasteiger partial charge in [-0.1, -0.05) is 18.2 Å². The molecule has 2 aliphatic rings. The third-order valence-corrected chi connectivity index (χ3v) is 7.53. The van der Waals surface area contributed by atoms with E-state index >= 15 is 0 Å². The second-order valence-electron chi connectivity index (χ2n) is 10.8. The molecule has 3 heterocycles. The van der Waals surface area contributed by atoms with E-state index in [1.54, 1.807) is 26.6 Å². The van der Waals surface area contributed by atoms with E-state index in [-0.39, 0.29) is 30.5 Å². The summed E-state index contributed by atoms with van der Waals surface area (Å²) >= 11 is 0. The lowest BCUT2D eigenvalue weighted by Crippen LogP contribution is -2.57. The first-order chi connectivity index (χ1) is 20.5. The molecule has 2 aliphatic heterocycles. The molecule has 1 amide bonds. The molecule has 4 bridgehead atoms. The van der Waals surface area contributed by atoms with Gasteiger partial charge < -0.3 is 30.0 Å².